The lowest BCUT2D eigenvalue weighted by Gasteiger charge is -2.10. The van der Waals surface area contributed by atoms with Crippen LogP contribution in [0.2, 0.25) is 0 Å². The number of aromatic amines is 1. The lowest BCUT2D eigenvalue weighted by Crippen LogP contribution is -2.25. The number of nitrogens with zero attached hydrogens (tertiary/aromatic N) is 4. The molecular formula is C26H28N6O2. The van der Waals surface area contributed by atoms with E-state index in [1.807, 2.05) is 58.0 Å². The molecule has 174 valence electrons. The normalized spacial score (nSPS) is 11.1. The Hall–Kier alpha value is -4.07. The van der Waals surface area contributed by atoms with Crippen molar-refractivity contribution >= 4 is 5.91 Å². The fourth-order valence-corrected chi connectivity index (χ4v) is 3.54. The van der Waals surface area contributed by atoms with Gasteiger partial charge in [0.2, 0.25) is 0 Å². The Kier molecular flexibility index (Phi) is 6.67. The number of nitrogens with one attached hydrogen (secondary N) is 2. The summed E-state index contributed by atoms with van der Waals surface area (Å²) in [5.41, 5.74) is 4.45. The van der Waals surface area contributed by atoms with Crippen LogP contribution >= 0.6 is 0 Å². The molecule has 0 unspecified atom stereocenters. The summed E-state index contributed by atoms with van der Waals surface area (Å²) in [5.74, 6) is 1.25. The number of carbonyl (C=O) groups is 1. The third-order valence-corrected chi connectivity index (χ3v) is 5.56. The van der Waals surface area contributed by atoms with Crippen molar-refractivity contribution in [2.45, 2.75) is 46.7 Å². The molecule has 8 nitrogen and oxygen atoms in total. The first kappa shape index (κ1) is 23.1. The molecule has 0 saturated heterocycles. The van der Waals surface area contributed by atoms with Gasteiger partial charge < -0.3 is 9.88 Å². The Morgan fingerprint density at radius 2 is 1.91 bits per heavy atom. The fourth-order valence-electron chi connectivity index (χ4n) is 3.54. The van der Waals surface area contributed by atoms with Gasteiger partial charge in [-0.15, -0.1) is 0 Å². The second kappa shape index (κ2) is 9.82. The summed E-state index contributed by atoms with van der Waals surface area (Å²) < 4.78 is 1.61. The zero-order chi connectivity index (χ0) is 24.2. The maximum absolute atomic E-state index is 13.1. The molecule has 8 heteroatoms. The number of aryl methyl sites for hydroxylation is 2. The molecule has 0 aliphatic carbocycles. The number of hydrogen-bond acceptors (Lipinski definition) is 5. The van der Waals surface area contributed by atoms with Crippen molar-refractivity contribution in [2.24, 2.45) is 0 Å². The fraction of sp³-hybridized carbons (Fsp3) is 0.269. The van der Waals surface area contributed by atoms with E-state index < -0.39 is 0 Å². The van der Waals surface area contributed by atoms with Crippen molar-refractivity contribution in [3.05, 3.63) is 87.7 Å². The Labute approximate surface area is 198 Å². The molecule has 0 aliphatic rings. The molecule has 1 aromatic carbocycles. The van der Waals surface area contributed by atoms with Gasteiger partial charge in [0.05, 0.1) is 5.69 Å². The van der Waals surface area contributed by atoms with Gasteiger partial charge in [0.1, 0.15) is 5.82 Å². The molecule has 3 aromatic heterocycles. The van der Waals surface area contributed by atoms with Crippen molar-refractivity contribution in [3.63, 3.8) is 0 Å². The second-order valence-corrected chi connectivity index (χ2v) is 8.56. The molecule has 0 fully saturated rings. The highest BCUT2D eigenvalue weighted by atomic mass is 16.1. The van der Waals surface area contributed by atoms with Crippen LogP contribution in [0.1, 0.15) is 54.0 Å². The minimum Gasteiger partial charge on any atom is -0.348 e. The van der Waals surface area contributed by atoms with Crippen LogP contribution in [-0.4, -0.2) is 30.6 Å². The number of pyridine rings is 2. The van der Waals surface area contributed by atoms with Crippen molar-refractivity contribution in [1.82, 2.24) is 30.0 Å². The lowest BCUT2D eigenvalue weighted by molar-refractivity contribution is 0.0951. The lowest BCUT2D eigenvalue weighted by atomic mass is 10.0. The van der Waals surface area contributed by atoms with Gasteiger partial charge in [-0.05, 0) is 55.3 Å². The minimum absolute atomic E-state index is 0.0884. The summed E-state index contributed by atoms with van der Waals surface area (Å²) in [6.45, 7) is 8.82. The predicted octanol–water partition coefficient (Wildman–Crippen LogP) is 4.08. The van der Waals surface area contributed by atoms with Gasteiger partial charge in [-0.3, -0.25) is 19.7 Å². The molecule has 3 heterocycles. The summed E-state index contributed by atoms with van der Waals surface area (Å²) in [6, 6.07) is 12.8. The highest BCUT2D eigenvalue weighted by molar-refractivity contribution is 5.96. The number of benzene rings is 1. The summed E-state index contributed by atoms with van der Waals surface area (Å²) in [4.78, 5) is 34.3. The van der Waals surface area contributed by atoms with E-state index in [4.69, 9.17) is 0 Å². The Morgan fingerprint density at radius 1 is 1.12 bits per heavy atom. The van der Waals surface area contributed by atoms with Gasteiger partial charge in [0, 0.05) is 54.2 Å². The maximum Gasteiger partial charge on any atom is 0.251 e. The molecule has 4 rings (SSSR count). The molecule has 1 amide bonds. The van der Waals surface area contributed by atoms with E-state index in [1.54, 1.807) is 29.1 Å². The zero-order valence-corrected chi connectivity index (χ0v) is 19.8. The minimum atomic E-state index is -0.255. The van der Waals surface area contributed by atoms with Crippen molar-refractivity contribution in [2.75, 3.05) is 0 Å². The molecule has 0 radical (unpaired) electrons. The van der Waals surface area contributed by atoms with Crippen LogP contribution in [0, 0.1) is 6.92 Å². The Balaban J connectivity index is 1.66. The number of hydrogen-bond donors (Lipinski definition) is 2. The van der Waals surface area contributed by atoms with E-state index in [-0.39, 0.29) is 23.9 Å². The van der Waals surface area contributed by atoms with E-state index >= 15 is 0 Å². The van der Waals surface area contributed by atoms with Crippen molar-refractivity contribution in [1.29, 1.82) is 0 Å². The van der Waals surface area contributed by atoms with E-state index in [1.165, 1.54) is 0 Å². The van der Waals surface area contributed by atoms with E-state index in [2.05, 4.69) is 25.5 Å². The molecule has 34 heavy (non-hydrogen) atoms. The largest absolute Gasteiger partial charge is 0.348 e. The summed E-state index contributed by atoms with van der Waals surface area (Å²) >= 11 is 0. The molecule has 4 aromatic rings. The predicted molar refractivity (Wildman–Crippen MR) is 131 cm³/mol. The number of aromatic nitrogens is 5. The first-order valence-corrected chi connectivity index (χ1v) is 11.3. The first-order valence-electron chi connectivity index (χ1n) is 11.3. The number of amides is 1. The van der Waals surface area contributed by atoms with Crippen molar-refractivity contribution < 1.29 is 4.79 Å². The van der Waals surface area contributed by atoms with Crippen molar-refractivity contribution in [3.8, 4) is 22.6 Å². The van der Waals surface area contributed by atoms with Gasteiger partial charge in [0.25, 0.3) is 11.5 Å². The van der Waals surface area contributed by atoms with Crippen LogP contribution in [0.4, 0.5) is 0 Å². The molecule has 2 N–H and O–H groups in total. The smallest absolute Gasteiger partial charge is 0.251 e. The average Bonchev–Trinajstić information content (AvgIpc) is 3.34. The quantitative estimate of drug-likeness (QED) is 0.436. The SMILES string of the molecule is CCn1ccc(CNC(=O)c2cc(-c3ccc(C)cn3)cc(-c3n[nH]c(C(C)C)n3)c2)cc1=O. The third-order valence-electron chi connectivity index (χ3n) is 5.56. The monoisotopic (exact) mass is 456 g/mol. The van der Waals surface area contributed by atoms with Gasteiger partial charge in [-0.25, -0.2) is 4.98 Å². The van der Waals surface area contributed by atoms with Crippen LogP contribution in [-0.2, 0) is 13.1 Å². The third kappa shape index (κ3) is 5.11. The van der Waals surface area contributed by atoms with Crippen LogP contribution in [0.3, 0.4) is 0 Å². The highest BCUT2D eigenvalue weighted by Gasteiger charge is 2.15. The second-order valence-electron chi connectivity index (χ2n) is 8.56. The van der Waals surface area contributed by atoms with Gasteiger partial charge in [-0.2, -0.15) is 5.10 Å². The molecule has 0 saturated carbocycles. The van der Waals surface area contributed by atoms with Crippen LogP contribution in [0.15, 0.2) is 59.7 Å². The Bertz CT molecular complexity index is 1370. The zero-order valence-electron chi connectivity index (χ0n) is 19.8. The molecule has 0 atom stereocenters. The molecule has 0 aliphatic heterocycles. The van der Waals surface area contributed by atoms with Crippen LogP contribution < -0.4 is 10.9 Å². The van der Waals surface area contributed by atoms with E-state index in [0.29, 0.717) is 17.9 Å². The molecule has 0 spiro atoms. The van der Waals surface area contributed by atoms with E-state index in [9.17, 15) is 9.59 Å². The summed E-state index contributed by atoms with van der Waals surface area (Å²) in [6.07, 6.45) is 3.53. The standard InChI is InChI=1S/C26H28N6O2/c1-5-32-9-8-18(10-23(32)33)15-28-26(34)21-12-19(22-7-6-17(4)14-27-22)11-20(13-21)25-29-24(16(2)3)30-31-25/h6-14,16H,5,15H2,1-4H3,(H,28,34)(H,29,30,31). The molecular weight excluding hydrogens is 428 g/mol. The summed E-state index contributed by atoms with van der Waals surface area (Å²) in [7, 11) is 0. The maximum atomic E-state index is 13.1. The summed E-state index contributed by atoms with van der Waals surface area (Å²) in [5, 5.41) is 10.2. The number of carbonyl (C=O) groups excluding carboxylic acids is 1. The van der Waals surface area contributed by atoms with Gasteiger partial charge >= 0.3 is 0 Å². The van der Waals surface area contributed by atoms with Gasteiger partial charge in [0.15, 0.2) is 5.82 Å². The number of H-pyrrole nitrogens is 1. The van der Waals surface area contributed by atoms with Crippen LogP contribution in [0.5, 0.6) is 0 Å². The first-order chi connectivity index (χ1) is 16.3. The molecule has 0 bridgehead atoms. The average molecular weight is 457 g/mol. The van der Waals surface area contributed by atoms with Gasteiger partial charge in [-0.1, -0.05) is 19.9 Å². The Morgan fingerprint density at radius 3 is 2.56 bits per heavy atom. The van der Waals surface area contributed by atoms with Crippen LogP contribution in [0.25, 0.3) is 22.6 Å². The number of rotatable bonds is 7. The van der Waals surface area contributed by atoms with E-state index in [0.717, 1.165) is 33.8 Å². The topological polar surface area (TPSA) is 106 Å². The highest BCUT2D eigenvalue weighted by Crippen LogP contribution is 2.26.